The van der Waals surface area contributed by atoms with E-state index in [1.165, 1.54) is 0 Å². The molecule has 8 heteroatoms. The third-order valence-electron chi connectivity index (χ3n) is 4.07. The molecule has 0 atom stereocenters. The van der Waals surface area contributed by atoms with Gasteiger partial charge < -0.3 is 10.1 Å². The second kappa shape index (κ2) is 9.28. The number of amides is 3. The van der Waals surface area contributed by atoms with E-state index in [4.69, 9.17) is 4.74 Å². The lowest BCUT2D eigenvalue weighted by molar-refractivity contribution is -0.127. The van der Waals surface area contributed by atoms with Crippen LogP contribution in [0.1, 0.15) is 18.1 Å². The molecular formula is C21H19BrN2O4S. The Morgan fingerprint density at radius 2 is 1.93 bits per heavy atom. The van der Waals surface area contributed by atoms with E-state index >= 15 is 0 Å². The Hall–Kier alpha value is -2.58. The van der Waals surface area contributed by atoms with Gasteiger partial charge in [-0.2, -0.15) is 0 Å². The van der Waals surface area contributed by atoms with Crippen molar-refractivity contribution in [3.05, 3.63) is 63.0 Å². The zero-order valence-electron chi connectivity index (χ0n) is 15.9. The first-order valence-electron chi connectivity index (χ1n) is 8.91. The van der Waals surface area contributed by atoms with Gasteiger partial charge in [-0.25, -0.2) is 0 Å². The van der Waals surface area contributed by atoms with Crippen molar-refractivity contribution < 1.29 is 19.1 Å². The number of thioether (sulfide) groups is 1. The highest BCUT2D eigenvalue weighted by Gasteiger charge is 2.36. The maximum Gasteiger partial charge on any atom is 0.294 e. The number of aryl methyl sites for hydroxylation is 1. The van der Waals surface area contributed by atoms with Crippen molar-refractivity contribution in [3.8, 4) is 5.75 Å². The molecule has 1 saturated heterocycles. The molecule has 1 N–H and O–H groups in total. The quantitative estimate of drug-likeness (QED) is 0.606. The Bertz CT molecular complexity index is 989. The van der Waals surface area contributed by atoms with Crippen molar-refractivity contribution in [2.45, 2.75) is 13.8 Å². The second-order valence-electron chi connectivity index (χ2n) is 6.30. The number of benzene rings is 2. The molecule has 6 nitrogen and oxygen atoms in total. The monoisotopic (exact) mass is 474 g/mol. The minimum absolute atomic E-state index is 0.247. The van der Waals surface area contributed by atoms with Crippen LogP contribution < -0.4 is 10.1 Å². The van der Waals surface area contributed by atoms with Crippen molar-refractivity contribution >= 4 is 56.5 Å². The summed E-state index contributed by atoms with van der Waals surface area (Å²) in [5.74, 6) is -0.323. The Balaban J connectivity index is 1.74. The van der Waals surface area contributed by atoms with E-state index in [0.717, 1.165) is 26.7 Å². The molecule has 3 amide bonds. The summed E-state index contributed by atoms with van der Waals surface area (Å²) in [5, 5.41) is 2.22. The minimum Gasteiger partial charge on any atom is -0.493 e. The van der Waals surface area contributed by atoms with Crippen molar-refractivity contribution in [1.29, 1.82) is 0 Å². The minimum atomic E-state index is -0.499. The molecule has 1 fully saturated rings. The predicted molar refractivity (Wildman–Crippen MR) is 118 cm³/mol. The SMILES string of the molecule is CCOc1ccc(Br)cc1/C=C1/SC(=O)N(CC(=O)Nc2ccc(C)cc2)C1=O. The van der Waals surface area contributed by atoms with Crippen molar-refractivity contribution in [2.75, 3.05) is 18.5 Å². The van der Waals surface area contributed by atoms with Gasteiger partial charge in [-0.15, -0.1) is 0 Å². The van der Waals surface area contributed by atoms with Crippen LogP contribution in [0.3, 0.4) is 0 Å². The van der Waals surface area contributed by atoms with Gasteiger partial charge in [-0.05, 0) is 62.0 Å². The molecule has 1 aliphatic heterocycles. The van der Waals surface area contributed by atoms with Crippen LogP contribution in [0.4, 0.5) is 10.5 Å². The molecule has 2 aromatic rings. The number of anilines is 1. The van der Waals surface area contributed by atoms with Crippen LogP contribution in [-0.2, 0) is 9.59 Å². The van der Waals surface area contributed by atoms with Crippen LogP contribution >= 0.6 is 27.7 Å². The molecule has 3 rings (SSSR count). The van der Waals surface area contributed by atoms with Gasteiger partial charge >= 0.3 is 0 Å². The summed E-state index contributed by atoms with van der Waals surface area (Å²) in [4.78, 5) is 38.5. The number of ether oxygens (including phenoxy) is 1. The van der Waals surface area contributed by atoms with Crippen molar-refractivity contribution in [1.82, 2.24) is 4.90 Å². The largest absolute Gasteiger partial charge is 0.493 e. The summed E-state index contributed by atoms with van der Waals surface area (Å²) in [6.45, 7) is 3.95. The summed E-state index contributed by atoms with van der Waals surface area (Å²) in [6, 6.07) is 12.7. The summed E-state index contributed by atoms with van der Waals surface area (Å²) in [7, 11) is 0. The first-order chi connectivity index (χ1) is 13.9. The second-order valence-corrected chi connectivity index (χ2v) is 8.21. The van der Waals surface area contributed by atoms with Crippen molar-refractivity contribution in [3.63, 3.8) is 0 Å². The highest BCUT2D eigenvalue weighted by Crippen LogP contribution is 2.34. The fraction of sp³-hybridized carbons (Fsp3) is 0.190. The molecule has 0 aromatic heterocycles. The van der Waals surface area contributed by atoms with Gasteiger partial charge in [0.05, 0.1) is 11.5 Å². The van der Waals surface area contributed by atoms with Gasteiger partial charge in [0.2, 0.25) is 5.91 Å². The van der Waals surface area contributed by atoms with Crippen LogP contribution in [-0.4, -0.2) is 35.1 Å². The third-order valence-corrected chi connectivity index (χ3v) is 5.47. The Labute approximate surface area is 181 Å². The smallest absolute Gasteiger partial charge is 0.294 e. The fourth-order valence-corrected chi connectivity index (χ4v) is 3.89. The van der Waals surface area contributed by atoms with E-state index in [-0.39, 0.29) is 11.4 Å². The molecule has 1 aliphatic rings. The van der Waals surface area contributed by atoms with Crippen LogP contribution in [0.5, 0.6) is 5.75 Å². The van der Waals surface area contributed by atoms with Crippen LogP contribution in [0.2, 0.25) is 0 Å². The lowest BCUT2D eigenvalue weighted by Gasteiger charge is -2.12. The number of hydrogen-bond acceptors (Lipinski definition) is 5. The maximum atomic E-state index is 12.7. The van der Waals surface area contributed by atoms with E-state index in [2.05, 4.69) is 21.2 Å². The van der Waals surface area contributed by atoms with Gasteiger partial charge in [-0.3, -0.25) is 19.3 Å². The molecule has 1 heterocycles. The number of nitrogens with one attached hydrogen (secondary N) is 1. The van der Waals surface area contributed by atoms with E-state index in [1.807, 2.05) is 38.1 Å². The van der Waals surface area contributed by atoms with Gasteiger partial charge in [-0.1, -0.05) is 33.6 Å². The number of halogens is 1. The average molecular weight is 475 g/mol. The molecule has 0 bridgehead atoms. The maximum absolute atomic E-state index is 12.7. The topological polar surface area (TPSA) is 75.7 Å². The van der Waals surface area contributed by atoms with E-state index in [0.29, 0.717) is 23.6 Å². The Kier molecular flexibility index (Phi) is 6.76. The lowest BCUT2D eigenvalue weighted by Crippen LogP contribution is -2.36. The Morgan fingerprint density at radius 1 is 1.21 bits per heavy atom. The molecule has 0 aliphatic carbocycles. The molecule has 0 saturated carbocycles. The standard InChI is InChI=1S/C21H19BrN2O4S/c1-3-28-17-9-6-15(22)10-14(17)11-18-20(26)24(21(27)29-18)12-19(25)23-16-7-4-13(2)5-8-16/h4-11H,3,12H2,1-2H3,(H,23,25)/b18-11+. The Morgan fingerprint density at radius 3 is 2.62 bits per heavy atom. The number of hydrogen-bond donors (Lipinski definition) is 1. The first-order valence-corrected chi connectivity index (χ1v) is 10.5. The van der Waals surface area contributed by atoms with Gasteiger partial charge in [0.1, 0.15) is 12.3 Å². The molecule has 2 aromatic carbocycles. The number of carbonyl (C=O) groups is 3. The number of rotatable bonds is 6. The molecule has 0 spiro atoms. The molecular weight excluding hydrogens is 456 g/mol. The highest BCUT2D eigenvalue weighted by atomic mass is 79.9. The highest BCUT2D eigenvalue weighted by molar-refractivity contribution is 9.10. The number of nitrogens with zero attached hydrogens (tertiary/aromatic N) is 1. The van der Waals surface area contributed by atoms with Crippen molar-refractivity contribution in [2.24, 2.45) is 0 Å². The molecule has 29 heavy (non-hydrogen) atoms. The third kappa shape index (κ3) is 5.27. The summed E-state index contributed by atoms with van der Waals surface area (Å²) >= 11 is 4.20. The number of carbonyl (C=O) groups excluding carboxylic acids is 3. The zero-order chi connectivity index (χ0) is 21.0. The fourth-order valence-electron chi connectivity index (χ4n) is 2.68. The normalized spacial score (nSPS) is 15.1. The first kappa shape index (κ1) is 21.1. The van der Waals surface area contributed by atoms with Gasteiger partial charge in [0.15, 0.2) is 0 Å². The summed E-state index contributed by atoms with van der Waals surface area (Å²) in [6.07, 6.45) is 1.61. The molecule has 150 valence electrons. The van der Waals surface area contributed by atoms with E-state index in [9.17, 15) is 14.4 Å². The van der Waals surface area contributed by atoms with E-state index in [1.54, 1.807) is 24.3 Å². The summed E-state index contributed by atoms with van der Waals surface area (Å²) in [5.41, 5.74) is 2.35. The van der Waals surface area contributed by atoms with Gasteiger partial charge in [0, 0.05) is 15.7 Å². The average Bonchev–Trinajstić information content (AvgIpc) is 2.93. The number of imide groups is 1. The zero-order valence-corrected chi connectivity index (χ0v) is 18.3. The van der Waals surface area contributed by atoms with Crippen LogP contribution in [0.25, 0.3) is 6.08 Å². The lowest BCUT2D eigenvalue weighted by atomic mass is 10.2. The predicted octanol–water partition coefficient (Wildman–Crippen LogP) is 4.83. The van der Waals surface area contributed by atoms with Gasteiger partial charge in [0.25, 0.3) is 11.1 Å². The molecule has 0 radical (unpaired) electrons. The molecule has 0 unspecified atom stereocenters. The summed E-state index contributed by atoms with van der Waals surface area (Å²) < 4.78 is 6.40. The van der Waals surface area contributed by atoms with E-state index < -0.39 is 17.1 Å². The van der Waals surface area contributed by atoms with Crippen LogP contribution in [0.15, 0.2) is 51.8 Å². The van der Waals surface area contributed by atoms with Crippen LogP contribution in [0, 0.1) is 6.92 Å².